The third-order valence-corrected chi connectivity index (χ3v) is 6.58. The lowest BCUT2D eigenvalue weighted by Crippen LogP contribution is -2.64. The molecule has 1 amide bonds. The quantitative estimate of drug-likeness (QED) is 0.840. The van der Waals surface area contributed by atoms with Crippen molar-refractivity contribution in [3.63, 3.8) is 0 Å². The summed E-state index contributed by atoms with van der Waals surface area (Å²) in [6.45, 7) is 6.68. The number of carbonyl (C=O) groups is 1. The number of amides is 1. The number of aliphatic hydroxyl groups is 1. The molecule has 7 nitrogen and oxygen atoms in total. The van der Waals surface area contributed by atoms with Gasteiger partial charge in [-0.1, -0.05) is 30.3 Å². The van der Waals surface area contributed by atoms with E-state index < -0.39 is 5.60 Å². The van der Waals surface area contributed by atoms with Crippen LogP contribution in [-0.4, -0.2) is 87.9 Å². The number of rotatable bonds is 3. The molecule has 2 saturated heterocycles. The zero-order valence-electron chi connectivity index (χ0n) is 17.6. The van der Waals surface area contributed by atoms with Gasteiger partial charge < -0.3 is 14.9 Å². The first-order valence-electron chi connectivity index (χ1n) is 10.4. The number of piperidine rings is 1. The molecule has 0 aliphatic carbocycles. The molecule has 2 fully saturated rings. The van der Waals surface area contributed by atoms with Gasteiger partial charge in [-0.2, -0.15) is 5.10 Å². The van der Waals surface area contributed by atoms with E-state index in [1.807, 2.05) is 55.3 Å². The highest BCUT2D eigenvalue weighted by molar-refractivity contribution is 5.92. The van der Waals surface area contributed by atoms with Crippen LogP contribution in [0.5, 0.6) is 0 Å². The first-order valence-corrected chi connectivity index (χ1v) is 10.4. The summed E-state index contributed by atoms with van der Waals surface area (Å²) in [4.78, 5) is 19.7. The van der Waals surface area contributed by atoms with Crippen molar-refractivity contribution in [1.29, 1.82) is 0 Å². The second-order valence-corrected chi connectivity index (χ2v) is 8.44. The Morgan fingerprint density at radius 2 is 1.79 bits per heavy atom. The van der Waals surface area contributed by atoms with Gasteiger partial charge in [0.05, 0.1) is 6.04 Å². The minimum atomic E-state index is -0.964. The lowest BCUT2D eigenvalue weighted by atomic mass is 9.79. The number of aromatic nitrogens is 2. The number of likely N-dealkylation sites (N-methyl/N-ethyl adjacent to an activating group) is 1. The standard InChI is InChI=1S/C22H31N5O2/c1-17-15-19(23-25(17)3)21(28)27-10-9-22(29,18-7-5-4-6-8-18)20(16-27)26-13-11-24(2)12-14-26/h4-8,15,20,29H,9-14,16H2,1-3H3/t20-,22+/m1/s1. The summed E-state index contributed by atoms with van der Waals surface area (Å²) in [5.41, 5.74) is 1.41. The summed E-state index contributed by atoms with van der Waals surface area (Å²) in [5, 5.41) is 16.2. The molecule has 156 valence electrons. The van der Waals surface area contributed by atoms with E-state index in [-0.39, 0.29) is 11.9 Å². The minimum absolute atomic E-state index is 0.0528. The zero-order chi connectivity index (χ0) is 20.6. The summed E-state index contributed by atoms with van der Waals surface area (Å²) in [6, 6.07) is 11.6. The van der Waals surface area contributed by atoms with Crippen molar-refractivity contribution in [2.24, 2.45) is 7.05 Å². The average Bonchev–Trinajstić information content (AvgIpc) is 3.08. The van der Waals surface area contributed by atoms with Gasteiger partial charge in [-0.25, -0.2) is 0 Å². The van der Waals surface area contributed by atoms with E-state index in [4.69, 9.17) is 0 Å². The van der Waals surface area contributed by atoms with E-state index >= 15 is 0 Å². The monoisotopic (exact) mass is 397 g/mol. The van der Waals surface area contributed by atoms with Crippen LogP contribution >= 0.6 is 0 Å². The number of carbonyl (C=O) groups excluding carboxylic acids is 1. The SMILES string of the molecule is Cc1cc(C(=O)N2CC[C@](O)(c3ccccc3)[C@H](N3CCN(C)CC3)C2)nn1C. The molecule has 2 aliphatic rings. The average molecular weight is 398 g/mol. The Labute approximate surface area is 172 Å². The first-order chi connectivity index (χ1) is 13.9. The van der Waals surface area contributed by atoms with Crippen LogP contribution in [-0.2, 0) is 12.6 Å². The number of hydrogen-bond acceptors (Lipinski definition) is 5. The van der Waals surface area contributed by atoms with E-state index in [1.54, 1.807) is 4.68 Å². The summed E-state index contributed by atoms with van der Waals surface area (Å²) in [6.07, 6.45) is 0.519. The van der Waals surface area contributed by atoms with Crippen LogP contribution in [0.15, 0.2) is 36.4 Å². The molecule has 0 unspecified atom stereocenters. The van der Waals surface area contributed by atoms with Crippen molar-refractivity contribution in [2.45, 2.75) is 25.0 Å². The lowest BCUT2D eigenvalue weighted by Gasteiger charge is -2.51. The lowest BCUT2D eigenvalue weighted by molar-refractivity contribution is -0.101. The molecule has 0 bridgehead atoms. The molecular weight excluding hydrogens is 366 g/mol. The van der Waals surface area contributed by atoms with Crippen LogP contribution in [0.2, 0.25) is 0 Å². The molecule has 2 aromatic rings. The molecule has 7 heteroatoms. The fourth-order valence-corrected chi connectivity index (χ4v) is 4.55. The summed E-state index contributed by atoms with van der Waals surface area (Å²) < 4.78 is 1.73. The molecule has 1 aromatic heterocycles. The van der Waals surface area contributed by atoms with Crippen molar-refractivity contribution in [1.82, 2.24) is 24.5 Å². The fourth-order valence-electron chi connectivity index (χ4n) is 4.55. The van der Waals surface area contributed by atoms with Crippen LogP contribution in [0.25, 0.3) is 0 Å². The highest BCUT2D eigenvalue weighted by Gasteiger charge is 2.47. The predicted molar refractivity (Wildman–Crippen MR) is 112 cm³/mol. The van der Waals surface area contributed by atoms with Gasteiger partial charge in [0.1, 0.15) is 5.60 Å². The Hall–Kier alpha value is -2.22. The number of piperazine rings is 1. The number of nitrogens with zero attached hydrogens (tertiary/aromatic N) is 5. The van der Waals surface area contributed by atoms with Crippen molar-refractivity contribution < 1.29 is 9.90 Å². The van der Waals surface area contributed by atoms with Gasteiger partial charge in [0.25, 0.3) is 5.91 Å². The Balaban J connectivity index is 1.61. The van der Waals surface area contributed by atoms with E-state index in [2.05, 4.69) is 21.9 Å². The third kappa shape index (κ3) is 3.82. The Kier molecular flexibility index (Phi) is 5.46. The Morgan fingerprint density at radius 3 is 2.41 bits per heavy atom. The highest BCUT2D eigenvalue weighted by atomic mass is 16.3. The van der Waals surface area contributed by atoms with Gasteiger partial charge in [0, 0.05) is 52.0 Å². The highest BCUT2D eigenvalue weighted by Crippen LogP contribution is 2.36. The normalized spacial score (nSPS) is 26.6. The molecule has 4 rings (SSSR count). The van der Waals surface area contributed by atoms with Crippen LogP contribution in [0, 0.1) is 6.92 Å². The first kappa shape index (κ1) is 20.1. The molecule has 1 N–H and O–H groups in total. The van der Waals surface area contributed by atoms with Gasteiger partial charge in [0.2, 0.25) is 0 Å². The Morgan fingerprint density at radius 1 is 1.10 bits per heavy atom. The van der Waals surface area contributed by atoms with Gasteiger partial charge in [-0.15, -0.1) is 0 Å². The minimum Gasteiger partial charge on any atom is -0.383 e. The van der Waals surface area contributed by atoms with Crippen LogP contribution in [0.1, 0.15) is 28.2 Å². The molecule has 29 heavy (non-hydrogen) atoms. The topological polar surface area (TPSA) is 64.8 Å². The second kappa shape index (κ2) is 7.89. The van der Waals surface area contributed by atoms with Crippen LogP contribution in [0.3, 0.4) is 0 Å². The van der Waals surface area contributed by atoms with Gasteiger partial charge >= 0.3 is 0 Å². The van der Waals surface area contributed by atoms with Crippen molar-refractivity contribution in [3.8, 4) is 0 Å². The molecule has 2 atom stereocenters. The molecule has 0 spiro atoms. The fraction of sp³-hybridized carbons (Fsp3) is 0.545. The van der Waals surface area contributed by atoms with Crippen molar-refractivity contribution in [2.75, 3.05) is 46.3 Å². The van der Waals surface area contributed by atoms with Crippen molar-refractivity contribution in [3.05, 3.63) is 53.3 Å². The van der Waals surface area contributed by atoms with Crippen molar-refractivity contribution >= 4 is 5.91 Å². The largest absolute Gasteiger partial charge is 0.383 e. The Bertz CT molecular complexity index is 840. The number of likely N-dealkylation sites (tertiary alicyclic amines) is 1. The molecule has 0 radical (unpaired) electrons. The van der Waals surface area contributed by atoms with E-state index in [1.165, 1.54) is 0 Å². The van der Waals surface area contributed by atoms with Gasteiger partial charge in [-0.3, -0.25) is 14.4 Å². The molecule has 3 heterocycles. The van der Waals surface area contributed by atoms with Gasteiger partial charge in [0.15, 0.2) is 5.69 Å². The molecule has 2 aliphatic heterocycles. The van der Waals surface area contributed by atoms with Crippen LogP contribution in [0.4, 0.5) is 0 Å². The molecule has 1 aromatic carbocycles. The number of hydrogen-bond donors (Lipinski definition) is 1. The zero-order valence-corrected chi connectivity index (χ0v) is 17.6. The smallest absolute Gasteiger partial charge is 0.274 e. The van der Waals surface area contributed by atoms with Gasteiger partial charge in [-0.05, 0) is 32.0 Å². The third-order valence-electron chi connectivity index (χ3n) is 6.58. The summed E-state index contributed by atoms with van der Waals surface area (Å²) in [5.74, 6) is -0.0528. The molecule has 0 saturated carbocycles. The van der Waals surface area contributed by atoms with E-state index in [9.17, 15) is 9.90 Å². The molecular formula is C22H31N5O2. The number of benzene rings is 1. The van der Waals surface area contributed by atoms with E-state index in [0.717, 1.165) is 37.4 Å². The maximum Gasteiger partial charge on any atom is 0.274 e. The summed E-state index contributed by atoms with van der Waals surface area (Å²) in [7, 11) is 3.98. The van der Waals surface area contributed by atoms with E-state index in [0.29, 0.717) is 25.2 Å². The predicted octanol–water partition coefficient (Wildman–Crippen LogP) is 1.08. The van der Waals surface area contributed by atoms with Crippen LogP contribution < -0.4 is 0 Å². The number of aryl methyl sites for hydroxylation is 2. The maximum atomic E-state index is 13.1. The maximum absolute atomic E-state index is 13.1. The summed E-state index contributed by atoms with van der Waals surface area (Å²) >= 11 is 0. The second-order valence-electron chi connectivity index (χ2n) is 8.44.